The van der Waals surface area contributed by atoms with Crippen molar-refractivity contribution in [3.8, 4) is 0 Å². The van der Waals surface area contributed by atoms with E-state index in [1.807, 2.05) is 42.1 Å². The summed E-state index contributed by atoms with van der Waals surface area (Å²) in [5.41, 5.74) is 1.81. The van der Waals surface area contributed by atoms with Crippen LogP contribution in [0.1, 0.15) is 11.4 Å². The van der Waals surface area contributed by atoms with Crippen molar-refractivity contribution >= 4 is 22.5 Å². The van der Waals surface area contributed by atoms with Crippen molar-refractivity contribution < 1.29 is 4.39 Å². The Balaban J connectivity index is 1.73. The molecule has 0 aliphatic heterocycles. The largest absolute Gasteiger partial charge is 0.338 e. The molecule has 0 amide bonds. The molecular formula is C19H16FN5. The van der Waals surface area contributed by atoms with Crippen LogP contribution >= 0.6 is 0 Å². The van der Waals surface area contributed by atoms with Crippen molar-refractivity contribution in [1.29, 1.82) is 0 Å². The first kappa shape index (κ1) is 15.3. The summed E-state index contributed by atoms with van der Waals surface area (Å²) in [4.78, 5) is 13.6. The average molecular weight is 333 g/mol. The number of anilines is 2. The van der Waals surface area contributed by atoms with E-state index in [0.717, 1.165) is 22.3 Å². The molecule has 0 unspecified atom stereocenters. The fourth-order valence-corrected chi connectivity index (χ4v) is 2.68. The molecule has 25 heavy (non-hydrogen) atoms. The molecule has 0 fully saturated rings. The Bertz CT molecular complexity index is 1020. The van der Waals surface area contributed by atoms with Crippen LogP contribution in [0.15, 0.2) is 61.1 Å². The predicted molar refractivity (Wildman–Crippen MR) is 95.2 cm³/mol. The van der Waals surface area contributed by atoms with Gasteiger partial charge in [0.05, 0.1) is 11.8 Å². The molecule has 2 heterocycles. The van der Waals surface area contributed by atoms with Crippen LogP contribution in [0.3, 0.4) is 0 Å². The van der Waals surface area contributed by atoms with Crippen LogP contribution in [0.5, 0.6) is 0 Å². The quantitative estimate of drug-likeness (QED) is 0.616. The lowest BCUT2D eigenvalue weighted by Gasteiger charge is -2.09. The molecule has 4 aromatic rings. The van der Waals surface area contributed by atoms with E-state index in [2.05, 4.69) is 20.3 Å². The second kappa shape index (κ2) is 6.32. The molecular weight excluding hydrogens is 317 g/mol. The lowest BCUT2D eigenvalue weighted by atomic mass is 10.1. The van der Waals surface area contributed by atoms with Crippen molar-refractivity contribution in [1.82, 2.24) is 19.5 Å². The number of halogens is 1. The summed E-state index contributed by atoms with van der Waals surface area (Å²) in [5.74, 6) is 1.85. The molecule has 2 aromatic heterocycles. The van der Waals surface area contributed by atoms with Crippen molar-refractivity contribution in [3.63, 3.8) is 0 Å². The van der Waals surface area contributed by atoms with Gasteiger partial charge in [-0.1, -0.05) is 24.3 Å². The van der Waals surface area contributed by atoms with Gasteiger partial charge in [-0.15, -0.1) is 0 Å². The van der Waals surface area contributed by atoms with Gasteiger partial charge in [-0.3, -0.25) is 0 Å². The van der Waals surface area contributed by atoms with Gasteiger partial charge in [-0.05, 0) is 29.8 Å². The number of benzene rings is 2. The molecule has 6 heteroatoms. The Kier molecular flexibility index (Phi) is 3.85. The van der Waals surface area contributed by atoms with Crippen molar-refractivity contribution in [2.45, 2.75) is 6.42 Å². The highest BCUT2D eigenvalue weighted by atomic mass is 19.1. The first-order valence-corrected chi connectivity index (χ1v) is 7.92. The minimum Gasteiger partial charge on any atom is -0.338 e. The van der Waals surface area contributed by atoms with E-state index in [1.54, 1.807) is 18.5 Å². The molecule has 0 radical (unpaired) electrons. The summed E-state index contributed by atoms with van der Waals surface area (Å²) in [5, 5.41) is 4.19. The molecule has 0 spiro atoms. The number of rotatable bonds is 4. The minimum atomic E-state index is -0.249. The summed E-state index contributed by atoms with van der Waals surface area (Å²) < 4.78 is 15.0. The number of para-hydroxylation sites is 1. The average Bonchev–Trinajstić information content (AvgIpc) is 3.02. The van der Waals surface area contributed by atoms with E-state index in [9.17, 15) is 4.39 Å². The lowest BCUT2D eigenvalue weighted by Crippen LogP contribution is -2.03. The molecule has 4 rings (SSSR count). The Morgan fingerprint density at radius 3 is 2.60 bits per heavy atom. The summed E-state index contributed by atoms with van der Waals surface area (Å²) >= 11 is 0. The molecule has 1 N–H and O–H groups in total. The number of hydrogen-bond donors (Lipinski definition) is 1. The molecule has 0 atom stereocenters. The Morgan fingerprint density at radius 1 is 1.04 bits per heavy atom. The van der Waals surface area contributed by atoms with Gasteiger partial charge in [0.1, 0.15) is 23.3 Å². The zero-order chi connectivity index (χ0) is 17.2. The van der Waals surface area contributed by atoms with E-state index >= 15 is 0 Å². The zero-order valence-electron chi connectivity index (χ0n) is 13.6. The number of nitrogens with one attached hydrogen (secondary N) is 1. The third-order valence-electron chi connectivity index (χ3n) is 3.88. The smallest absolute Gasteiger partial charge is 0.149 e. The van der Waals surface area contributed by atoms with Crippen LogP contribution in [0, 0.1) is 5.82 Å². The third-order valence-corrected chi connectivity index (χ3v) is 3.88. The van der Waals surface area contributed by atoms with Crippen LogP contribution in [0.25, 0.3) is 10.9 Å². The number of hydrogen-bond acceptors (Lipinski definition) is 4. The minimum absolute atomic E-state index is 0.249. The summed E-state index contributed by atoms with van der Waals surface area (Å²) in [6.07, 6.45) is 4.14. The first-order chi connectivity index (χ1) is 12.2. The van der Waals surface area contributed by atoms with E-state index in [1.165, 1.54) is 12.1 Å². The maximum Gasteiger partial charge on any atom is 0.149 e. The maximum absolute atomic E-state index is 13.1. The van der Waals surface area contributed by atoms with Crippen LogP contribution in [-0.2, 0) is 13.5 Å². The highest BCUT2D eigenvalue weighted by molar-refractivity contribution is 5.90. The van der Waals surface area contributed by atoms with Gasteiger partial charge in [-0.25, -0.2) is 19.3 Å². The molecule has 0 bridgehead atoms. The highest BCUT2D eigenvalue weighted by Crippen LogP contribution is 2.23. The van der Waals surface area contributed by atoms with Gasteiger partial charge < -0.3 is 9.88 Å². The Morgan fingerprint density at radius 2 is 1.84 bits per heavy atom. The van der Waals surface area contributed by atoms with Gasteiger partial charge in [-0.2, -0.15) is 0 Å². The van der Waals surface area contributed by atoms with E-state index in [-0.39, 0.29) is 5.82 Å². The number of nitrogens with zero attached hydrogens (tertiary/aromatic N) is 4. The van der Waals surface area contributed by atoms with Gasteiger partial charge in [0.2, 0.25) is 0 Å². The molecule has 0 saturated carbocycles. The van der Waals surface area contributed by atoms with Gasteiger partial charge in [0, 0.05) is 25.1 Å². The van der Waals surface area contributed by atoms with E-state index < -0.39 is 0 Å². The van der Waals surface area contributed by atoms with Crippen LogP contribution in [0.4, 0.5) is 16.0 Å². The Hall–Kier alpha value is -3.28. The fraction of sp³-hybridized carbons (Fsp3) is 0.105. The standard InChI is InChI=1S/C19H16FN5/c1-25-11-18(21-12-25)24-19-15-4-2-3-5-16(15)22-17(23-19)10-13-6-8-14(20)9-7-13/h2-9,11-12H,10H2,1H3,(H,22,23,24). The van der Waals surface area contributed by atoms with Gasteiger partial charge >= 0.3 is 0 Å². The topological polar surface area (TPSA) is 55.6 Å². The molecule has 2 aromatic carbocycles. The summed E-state index contributed by atoms with van der Waals surface area (Å²) in [6.45, 7) is 0. The van der Waals surface area contributed by atoms with Crippen molar-refractivity contribution in [2.75, 3.05) is 5.32 Å². The number of fused-ring (bicyclic) bond motifs is 1. The van der Waals surface area contributed by atoms with Crippen LogP contribution < -0.4 is 5.32 Å². The van der Waals surface area contributed by atoms with E-state index in [0.29, 0.717) is 18.1 Å². The normalized spacial score (nSPS) is 11.0. The first-order valence-electron chi connectivity index (χ1n) is 7.92. The van der Waals surface area contributed by atoms with Crippen LogP contribution in [0.2, 0.25) is 0 Å². The monoisotopic (exact) mass is 333 g/mol. The van der Waals surface area contributed by atoms with Gasteiger partial charge in [0.25, 0.3) is 0 Å². The van der Waals surface area contributed by atoms with Crippen molar-refractivity contribution in [3.05, 3.63) is 78.3 Å². The number of aromatic nitrogens is 4. The summed E-state index contributed by atoms with van der Waals surface area (Å²) in [7, 11) is 1.91. The van der Waals surface area contributed by atoms with Crippen LogP contribution in [-0.4, -0.2) is 19.5 Å². The molecule has 124 valence electrons. The zero-order valence-corrected chi connectivity index (χ0v) is 13.6. The number of aryl methyl sites for hydroxylation is 1. The second-order valence-corrected chi connectivity index (χ2v) is 5.86. The highest BCUT2D eigenvalue weighted by Gasteiger charge is 2.09. The second-order valence-electron chi connectivity index (χ2n) is 5.86. The summed E-state index contributed by atoms with van der Waals surface area (Å²) in [6, 6.07) is 14.2. The SMILES string of the molecule is Cn1cnc(Nc2nc(Cc3ccc(F)cc3)nc3ccccc23)c1. The number of imidazole rings is 1. The lowest BCUT2D eigenvalue weighted by molar-refractivity contribution is 0.627. The molecule has 0 saturated heterocycles. The predicted octanol–water partition coefficient (Wildman–Crippen LogP) is 3.84. The van der Waals surface area contributed by atoms with Gasteiger partial charge in [0.15, 0.2) is 0 Å². The molecule has 0 aliphatic rings. The molecule has 0 aliphatic carbocycles. The Labute approximate surface area is 144 Å². The maximum atomic E-state index is 13.1. The molecule has 5 nitrogen and oxygen atoms in total. The van der Waals surface area contributed by atoms with E-state index in [4.69, 9.17) is 0 Å². The third kappa shape index (κ3) is 3.33. The fourth-order valence-electron chi connectivity index (χ4n) is 2.68. The van der Waals surface area contributed by atoms with Crippen molar-refractivity contribution in [2.24, 2.45) is 7.05 Å².